The molecule has 0 unspecified atom stereocenters. The Morgan fingerprint density at radius 3 is 2.62 bits per heavy atom. The highest BCUT2D eigenvalue weighted by atomic mass is 16.3. The Morgan fingerprint density at radius 1 is 1.00 bits per heavy atom. The molecule has 3 N–H and O–H groups in total. The molecule has 0 saturated heterocycles. The molecule has 7 nitrogen and oxygen atoms in total. The first-order chi connectivity index (χ1) is 12.6. The van der Waals surface area contributed by atoms with E-state index in [4.69, 9.17) is 0 Å². The molecule has 3 aromatic rings. The number of phenolic OH excluding ortho intramolecular Hbond substituents is 1. The van der Waals surface area contributed by atoms with Crippen LogP contribution in [0.3, 0.4) is 0 Å². The van der Waals surface area contributed by atoms with E-state index in [1.165, 1.54) is 0 Å². The Kier molecular flexibility index (Phi) is 5.60. The lowest BCUT2D eigenvalue weighted by Crippen LogP contribution is -2.21. The largest absolute Gasteiger partial charge is 0.508 e. The molecule has 0 amide bonds. The Balaban J connectivity index is 1.89. The molecular formula is C19H22N6O. The molecule has 26 heavy (non-hydrogen) atoms. The number of nitrogens with zero attached hydrogens (tertiary/aromatic N) is 4. The van der Waals surface area contributed by atoms with Crippen LogP contribution in [-0.4, -0.2) is 52.1 Å². The quantitative estimate of drug-likeness (QED) is 0.604. The molecule has 2 aromatic heterocycles. The molecule has 0 radical (unpaired) electrons. The van der Waals surface area contributed by atoms with Crippen LogP contribution in [0.25, 0.3) is 11.4 Å². The number of anilines is 3. The molecule has 0 fully saturated rings. The SMILES string of the molecule is CN(C)CCNc1nc(Nc2cccc(O)c2)cc(-c2ccccn2)n1. The summed E-state index contributed by atoms with van der Waals surface area (Å²) in [6, 6.07) is 14.4. The third-order valence-electron chi connectivity index (χ3n) is 3.61. The second kappa shape index (κ2) is 8.26. The van der Waals surface area contributed by atoms with Crippen molar-refractivity contribution in [2.45, 2.75) is 0 Å². The van der Waals surface area contributed by atoms with E-state index in [9.17, 15) is 5.11 Å². The van der Waals surface area contributed by atoms with Crippen LogP contribution < -0.4 is 10.6 Å². The average Bonchev–Trinajstić information content (AvgIpc) is 2.62. The van der Waals surface area contributed by atoms with E-state index in [1.807, 2.05) is 44.4 Å². The third-order valence-corrected chi connectivity index (χ3v) is 3.61. The minimum atomic E-state index is 0.193. The van der Waals surface area contributed by atoms with Gasteiger partial charge in [-0.25, -0.2) is 4.98 Å². The van der Waals surface area contributed by atoms with Gasteiger partial charge in [0.2, 0.25) is 5.95 Å². The van der Waals surface area contributed by atoms with E-state index >= 15 is 0 Å². The van der Waals surface area contributed by atoms with Crippen LogP contribution in [-0.2, 0) is 0 Å². The number of benzene rings is 1. The summed E-state index contributed by atoms with van der Waals surface area (Å²) in [5.74, 6) is 1.34. The number of aromatic nitrogens is 3. The van der Waals surface area contributed by atoms with E-state index in [0.29, 0.717) is 11.8 Å². The lowest BCUT2D eigenvalue weighted by molar-refractivity contribution is 0.425. The van der Waals surface area contributed by atoms with Crippen LogP contribution in [0, 0.1) is 0 Å². The normalized spacial score (nSPS) is 10.7. The van der Waals surface area contributed by atoms with Crippen LogP contribution in [0.1, 0.15) is 0 Å². The van der Waals surface area contributed by atoms with E-state index in [0.717, 1.165) is 30.2 Å². The van der Waals surface area contributed by atoms with Crippen LogP contribution in [0.5, 0.6) is 5.75 Å². The summed E-state index contributed by atoms with van der Waals surface area (Å²) < 4.78 is 0. The monoisotopic (exact) mass is 350 g/mol. The van der Waals surface area contributed by atoms with Gasteiger partial charge in [0.05, 0.1) is 11.4 Å². The summed E-state index contributed by atoms with van der Waals surface area (Å²) in [5.41, 5.74) is 2.23. The van der Waals surface area contributed by atoms with Crippen molar-refractivity contribution in [2.75, 3.05) is 37.8 Å². The maximum absolute atomic E-state index is 9.65. The summed E-state index contributed by atoms with van der Waals surface area (Å²) in [6.07, 6.45) is 1.74. The van der Waals surface area contributed by atoms with Crippen molar-refractivity contribution in [3.05, 3.63) is 54.7 Å². The molecule has 0 aliphatic carbocycles. The van der Waals surface area contributed by atoms with Gasteiger partial charge in [0.15, 0.2) is 0 Å². The van der Waals surface area contributed by atoms with E-state index in [2.05, 4.69) is 30.5 Å². The van der Waals surface area contributed by atoms with Gasteiger partial charge in [-0.3, -0.25) is 4.98 Å². The third kappa shape index (κ3) is 4.90. The number of likely N-dealkylation sites (N-methyl/N-ethyl adjacent to an activating group) is 1. The van der Waals surface area contributed by atoms with E-state index in [-0.39, 0.29) is 5.75 Å². The van der Waals surface area contributed by atoms with E-state index in [1.54, 1.807) is 24.4 Å². The van der Waals surface area contributed by atoms with Crippen molar-refractivity contribution in [2.24, 2.45) is 0 Å². The molecule has 7 heteroatoms. The first-order valence-corrected chi connectivity index (χ1v) is 8.35. The van der Waals surface area contributed by atoms with Gasteiger partial charge in [0.25, 0.3) is 0 Å². The average molecular weight is 350 g/mol. The maximum atomic E-state index is 9.65. The van der Waals surface area contributed by atoms with Crippen molar-refractivity contribution in [3.63, 3.8) is 0 Å². The van der Waals surface area contributed by atoms with Crippen LogP contribution in [0.4, 0.5) is 17.5 Å². The Morgan fingerprint density at radius 2 is 1.88 bits per heavy atom. The standard InChI is InChI=1S/C19H22N6O/c1-25(2)11-10-21-19-23-17(16-8-3-4-9-20-16)13-18(24-19)22-14-6-5-7-15(26)12-14/h3-9,12-13,26H,10-11H2,1-2H3,(H2,21,22,23,24). The highest BCUT2D eigenvalue weighted by molar-refractivity contribution is 5.65. The Hall–Kier alpha value is -3.19. The van der Waals surface area contributed by atoms with Crippen molar-refractivity contribution < 1.29 is 5.11 Å². The minimum absolute atomic E-state index is 0.193. The molecule has 0 bridgehead atoms. The summed E-state index contributed by atoms with van der Waals surface area (Å²) in [7, 11) is 4.03. The molecule has 134 valence electrons. The smallest absolute Gasteiger partial charge is 0.225 e. The van der Waals surface area contributed by atoms with Crippen LogP contribution in [0.15, 0.2) is 54.7 Å². The van der Waals surface area contributed by atoms with Gasteiger partial charge in [-0.15, -0.1) is 0 Å². The molecule has 0 saturated carbocycles. The lowest BCUT2D eigenvalue weighted by Gasteiger charge is -2.13. The Bertz CT molecular complexity index is 854. The topological polar surface area (TPSA) is 86.2 Å². The number of hydrogen-bond acceptors (Lipinski definition) is 7. The van der Waals surface area contributed by atoms with Crippen LogP contribution in [0.2, 0.25) is 0 Å². The molecule has 3 rings (SSSR count). The maximum Gasteiger partial charge on any atom is 0.225 e. The summed E-state index contributed by atoms with van der Waals surface area (Å²) in [5, 5.41) is 16.1. The zero-order valence-electron chi connectivity index (χ0n) is 14.8. The fourth-order valence-corrected chi connectivity index (χ4v) is 2.36. The van der Waals surface area contributed by atoms with Gasteiger partial charge in [-0.05, 0) is 38.4 Å². The van der Waals surface area contributed by atoms with Gasteiger partial charge in [-0.1, -0.05) is 12.1 Å². The van der Waals surface area contributed by atoms with Crippen LogP contribution >= 0.6 is 0 Å². The van der Waals surface area contributed by atoms with E-state index < -0.39 is 0 Å². The number of rotatable bonds is 7. The van der Waals surface area contributed by atoms with Gasteiger partial charge >= 0.3 is 0 Å². The number of hydrogen-bond donors (Lipinski definition) is 3. The molecule has 0 spiro atoms. The van der Waals surface area contributed by atoms with Crippen molar-refractivity contribution >= 4 is 17.5 Å². The predicted molar refractivity (Wildman–Crippen MR) is 104 cm³/mol. The van der Waals surface area contributed by atoms with Gasteiger partial charge < -0.3 is 20.6 Å². The number of aromatic hydroxyl groups is 1. The van der Waals surface area contributed by atoms with Gasteiger partial charge in [-0.2, -0.15) is 4.98 Å². The molecule has 0 aliphatic heterocycles. The zero-order chi connectivity index (χ0) is 18.4. The highest BCUT2D eigenvalue weighted by Gasteiger charge is 2.08. The fraction of sp³-hybridized carbons (Fsp3) is 0.211. The summed E-state index contributed by atoms with van der Waals surface area (Å²) in [6.45, 7) is 1.59. The first kappa shape index (κ1) is 17.6. The van der Waals surface area contributed by atoms with Gasteiger partial charge in [0.1, 0.15) is 11.6 Å². The summed E-state index contributed by atoms with van der Waals surface area (Å²) in [4.78, 5) is 15.5. The number of nitrogens with one attached hydrogen (secondary N) is 2. The molecular weight excluding hydrogens is 328 g/mol. The number of pyridine rings is 1. The molecule has 0 aliphatic rings. The first-order valence-electron chi connectivity index (χ1n) is 8.35. The van der Waals surface area contributed by atoms with Crippen molar-refractivity contribution in [3.8, 4) is 17.1 Å². The minimum Gasteiger partial charge on any atom is -0.508 e. The Labute approximate surface area is 152 Å². The second-order valence-electron chi connectivity index (χ2n) is 6.08. The fourth-order valence-electron chi connectivity index (χ4n) is 2.36. The molecule has 2 heterocycles. The van der Waals surface area contributed by atoms with Crippen molar-refractivity contribution in [1.82, 2.24) is 19.9 Å². The molecule has 0 atom stereocenters. The molecule has 1 aromatic carbocycles. The van der Waals surface area contributed by atoms with Crippen molar-refractivity contribution in [1.29, 1.82) is 0 Å². The zero-order valence-corrected chi connectivity index (χ0v) is 14.8. The van der Waals surface area contributed by atoms with Gasteiger partial charge in [0, 0.05) is 37.1 Å². The summed E-state index contributed by atoms with van der Waals surface area (Å²) >= 11 is 0. The highest BCUT2D eigenvalue weighted by Crippen LogP contribution is 2.24. The predicted octanol–water partition coefficient (Wildman–Crippen LogP) is 2.96. The lowest BCUT2D eigenvalue weighted by atomic mass is 10.2. The number of phenols is 1. The second-order valence-corrected chi connectivity index (χ2v) is 6.08.